The third kappa shape index (κ3) is 6.31. The summed E-state index contributed by atoms with van der Waals surface area (Å²) in [7, 11) is 3.91. The molecule has 1 fully saturated rings. The Bertz CT molecular complexity index is 1490. The van der Waals surface area contributed by atoms with E-state index in [9.17, 15) is 4.79 Å². The number of aromatic nitrogens is 5. The Labute approximate surface area is 234 Å². The highest BCUT2D eigenvalue weighted by Crippen LogP contribution is 2.27. The minimum Gasteiger partial charge on any atom is -0.444 e. The number of aromatic amines is 1. The molecule has 1 atom stereocenters. The molecule has 0 spiro atoms. The number of benzene rings is 1. The van der Waals surface area contributed by atoms with E-state index in [0.29, 0.717) is 24.9 Å². The molecule has 0 unspecified atom stereocenters. The fourth-order valence-corrected chi connectivity index (χ4v) is 4.70. The van der Waals surface area contributed by atoms with Crippen LogP contribution in [0.5, 0.6) is 0 Å². The van der Waals surface area contributed by atoms with Gasteiger partial charge in [0.2, 0.25) is 5.95 Å². The van der Waals surface area contributed by atoms with Crippen LogP contribution in [0.25, 0.3) is 22.3 Å². The second kappa shape index (κ2) is 11.1. The molecule has 4 aromatic rings. The predicted octanol–water partition coefficient (Wildman–Crippen LogP) is 4.84. The standard InChI is InChI=1S/C29H37N9O2/c1-19(37-11-13-38(14-12-37)28(39)40-29(2,3)4)20-9-10-30-25(16-20)35-27-33-22-8-7-21(15-24(22)34-27)23-17-26(36(5)6)32-18-31-23/h7-10,15-19H,11-14H2,1-6H3,(H2,30,33,34,35)/t19-/m1/s1. The topological polar surface area (TPSA) is 115 Å². The SMILES string of the molecule is C[C@H](c1ccnc(Nc2nc3ccc(-c4cc(N(C)C)ncn4)cc3[nH]2)c1)N1CCN(C(=O)OC(C)(C)C)CC1. The first-order valence-electron chi connectivity index (χ1n) is 13.5. The third-order valence-electron chi connectivity index (χ3n) is 6.92. The van der Waals surface area contributed by atoms with E-state index in [4.69, 9.17) is 9.72 Å². The molecule has 11 heteroatoms. The average Bonchev–Trinajstić information content (AvgIpc) is 3.33. The van der Waals surface area contributed by atoms with Crippen molar-refractivity contribution in [2.45, 2.75) is 39.3 Å². The Balaban J connectivity index is 1.25. The molecule has 0 radical (unpaired) electrons. The van der Waals surface area contributed by atoms with Gasteiger partial charge in [-0.15, -0.1) is 0 Å². The summed E-state index contributed by atoms with van der Waals surface area (Å²) in [6.07, 6.45) is 3.14. The number of anilines is 3. The maximum atomic E-state index is 12.4. The molecule has 1 aromatic carbocycles. The van der Waals surface area contributed by atoms with Crippen LogP contribution in [0.4, 0.5) is 22.4 Å². The number of nitrogens with zero attached hydrogens (tertiary/aromatic N) is 7. The second-order valence-electron chi connectivity index (χ2n) is 11.3. The van der Waals surface area contributed by atoms with Crippen molar-refractivity contribution in [3.05, 3.63) is 54.5 Å². The molecule has 40 heavy (non-hydrogen) atoms. The zero-order valence-corrected chi connectivity index (χ0v) is 24.0. The Morgan fingerprint density at radius 3 is 2.55 bits per heavy atom. The summed E-state index contributed by atoms with van der Waals surface area (Å²) in [5.41, 5.74) is 4.23. The molecule has 210 valence electrons. The quantitative estimate of drug-likeness (QED) is 0.352. The number of pyridine rings is 1. The van der Waals surface area contributed by atoms with Crippen molar-refractivity contribution < 1.29 is 9.53 Å². The fraction of sp³-hybridized carbons (Fsp3) is 0.414. The van der Waals surface area contributed by atoms with Gasteiger partial charge in [-0.25, -0.2) is 24.7 Å². The lowest BCUT2D eigenvalue weighted by atomic mass is 10.1. The summed E-state index contributed by atoms with van der Waals surface area (Å²) in [6, 6.07) is 12.2. The van der Waals surface area contributed by atoms with Crippen LogP contribution in [0, 0.1) is 0 Å². The molecule has 4 heterocycles. The number of hydrogen-bond donors (Lipinski definition) is 2. The number of rotatable bonds is 6. The lowest BCUT2D eigenvalue weighted by molar-refractivity contribution is 0.0110. The normalized spacial score (nSPS) is 15.2. The number of piperazine rings is 1. The summed E-state index contributed by atoms with van der Waals surface area (Å²) < 4.78 is 5.53. The number of carbonyl (C=O) groups is 1. The van der Waals surface area contributed by atoms with Crippen molar-refractivity contribution in [3.8, 4) is 11.3 Å². The van der Waals surface area contributed by atoms with Crippen LogP contribution in [0.2, 0.25) is 0 Å². The molecule has 1 aliphatic heterocycles. The van der Waals surface area contributed by atoms with E-state index in [1.807, 2.05) is 82.4 Å². The molecule has 11 nitrogen and oxygen atoms in total. The number of amides is 1. The van der Waals surface area contributed by atoms with E-state index < -0.39 is 5.60 Å². The lowest BCUT2D eigenvalue weighted by Crippen LogP contribution is -2.50. The Morgan fingerprint density at radius 1 is 1.05 bits per heavy atom. The van der Waals surface area contributed by atoms with Crippen molar-refractivity contribution in [2.75, 3.05) is 50.5 Å². The van der Waals surface area contributed by atoms with Crippen LogP contribution in [0.15, 0.2) is 48.9 Å². The number of hydrogen-bond acceptors (Lipinski definition) is 9. The largest absolute Gasteiger partial charge is 0.444 e. The van der Waals surface area contributed by atoms with Crippen LogP contribution in [0.3, 0.4) is 0 Å². The van der Waals surface area contributed by atoms with Gasteiger partial charge in [-0.05, 0) is 57.5 Å². The van der Waals surface area contributed by atoms with Gasteiger partial charge in [-0.3, -0.25) is 4.90 Å². The molecule has 1 saturated heterocycles. The molecule has 0 aliphatic carbocycles. The highest BCUT2D eigenvalue weighted by molar-refractivity contribution is 5.83. The summed E-state index contributed by atoms with van der Waals surface area (Å²) >= 11 is 0. The first-order valence-corrected chi connectivity index (χ1v) is 13.5. The highest BCUT2D eigenvalue weighted by Gasteiger charge is 2.28. The van der Waals surface area contributed by atoms with Gasteiger partial charge in [0.25, 0.3) is 0 Å². The number of nitrogens with one attached hydrogen (secondary N) is 2. The third-order valence-corrected chi connectivity index (χ3v) is 6.92. The lowest BCUT2D eigenvalue weighted by Gasteiger charge is -2.38. The number of carbonyl (C=O) groups excluding carboxylic acids is 1. The van der Waals surface area contributed by atoms with Crippen LogP contribution >= 0.6 is 0 Å². The second-order valence-corrected chi connectivity index (χ2v) is 11.3. The van der Waals surface area contributed by atoms with Gasteiger partial charge >= 0.3 is 6.09 Å². The van der Waals surface area contributed by atoms with Crippen molar-refractivity contribution in [1.29, 1.82) is 0 Å². The van der Waals surface area contributed by atoms with Gasteiger partial charge in [0.15, 0.2) is 0 Å². The Kier molecular flexibility index (Phi) is 7.57. The minimum absolute atomic E-state index is 0.169. The van der Waals surface area contributed by atoms with Crippen molar-refractivity contribution in [1.82, 2.24) is 34.7 Å². The molecular formula is C29H37N9O2. The smallest absolute Gasteiger partial charge is 0.410 e. The predicted molar refractivity (Wildman–Crippen MR) is 157 cm³/mol. The molecular weight excluding hydrogens is 506 g/mol. The number of ether oxygens (including phenoxy) is 1. The summed E-state index contributed by atoms with van der Waals surface area (Å²) in [5.74, 6) is 2.18. The first kappa shape index (κ1) is 27.3. The van der Waals surface area contributed by atoms with Gasteiger partial charge < -0.3 is 24.8 Å². The van der Waals surface area contributed by atoms with E-state index in [0.717, 1.165) is 46.8 Å². The summed E-state index contributed by atoms with van der Waals surface area (Å²) in [4.78, 5) is 39.8. The van der Waals surface area contributed by atoms with Gasteiger partial charge in [0.1, 0.15) is 23.6 Å². The first-order chi connectivity index (χ1) is 19.1. The number of imidazole rings is 1. The van der Waals surface area contributed by atoms with Gasteiger partial charge in [0, 0.05) is 64.1 Å². The fourth-order valence-electron chi connectivity index (χ4n) is 4.70. The van der Waals surface area contributed by atoms with E-state index >= 15 is 0 Å². The number of fused-ring (bicyclic) bond motifs is 1. The van der Waals surface area contributed by atoms with E-state index in [-0.39, 0.29) is 12.1 Å². The monoisotopic (exact) mass is 543 g/mol. The maximum absolute atomic E-state index is 12.4. The van der Waals surface area contributed by atoms with E-state index in [1.54, 1.807) is 11.2 Å². The maximum Gasteiger partial charge on any atom is 0.410 e. The van der Waals surface area contributed by atoms with Gasteiger partial charge in [-0.1, -0.05) is 6.07 Å². The van der Waals surface area contributed by atoms with Crippen molar-refractivity contribution in [2.24, 2.45) is 0 Å². The summed E-state index contributed by atoms with van der Waals surface area (Å²) in [5, 5.41) is 3.32. The van der Waals surface area contributed by atoms with E-state index in [2.05, 4.69) is 37.1 Å². The Morgan fingerprint density at radius 2 is 1.82 bits per heavy atom. The van der Waals surface area contributed by atoms with Crippen molar-refractivity contribution in [3.63, 3.8) is 0 Å². The van der Waals surface area contributed by atoms with Crippen LogP contribution in [0.1, 0.15) is 39.3 Å². The molecule has 2 N–H and O–H groups in total. The van der Waals surface area contributed by atoms with Crippen LogP contribution in [-0.2, 0) is 4.74 Å². The molecule has 0 saturated carbocycles. The molecule has 3 aromatic heterocycles. The highest BCUT2D eigenvalue weighted by atomic mass is 16.6. The Hall–Kier alpha value is -4.25. The van der Waals surface area contributed by atoms with Gasteiger partial charge in [0.05, 0.1) is 16.7 Å². The van der Waals surface area contributed by atoms with Crippen LogP contribution in [-0.4, -0.2) is 86.7 Å². The zero-order valence-electron chi connectivity index (χ0n) is 24.0. The molecule has 1 aliphatic rings. The summed E-state index contributed by atoms with van der Waals surface area (Å²) in [6.45, 7) is 10.7. The number of H-pyrrole nitrogens is 1. The molecule has 5 rings (SSSR count). The van der Waals surface area contributed by atoms with Gasteiger partial charge in [-0.2, -0.15) is 0 Å². The minimum atomic E-state index is -0.489. The zero-order chi connectivity index (χ0) is 28.4. The average molecular weight is 544 g/mol. The molecule has 0 bridgehead atoms. The van der Waals surface area contributed by atoms with Crippen molar-refractivity contribution >= 4 is 34.7 Å². The van der Waals surface area contributed by atoms with Crippen LogP contribution < -0.4 is 10.2 Å². The van der Waals surface area contributed by atoms with E-state index in [1.165, 1.54) is 0 Å². The molecule has 1 amide bonds.